The highest BCUT2D eigenvalue weighted by molar-refractivity contribution is 5.78. The first-order valence-electron chi connectivity index (χ1n) is 12.1. The van der Waals surface area contributed by atoms with Crippen LogP contribution in [0.2, 0.25) is 0 Å². The maximum atomic E-state index is 12.6. The second-order valence-corrected chi connectivity index (χ2v) is 10.00. The maximum absolute atomic E-state index is 12.6. The first kappa shape index (κ1) is 25.1. The quantitative estimate of drug-likeness (QED) is 0.487. The summed E-state index contributed by atoms with van der Waals surface area (Å²) >= 11 is 0. The van der Waals surface area contributed by atoms with E-state index in [2.05, 4.69) is 56.1 Å². The van der Waals surface area contributed by atoms with E-state index in [0.29, 0.717) is 43.7 Å². The molecule has 0 unspecified atom stereocenters. The molecule has 3 aromatic rings. The number of anilines is 1. The standard InChI is InChI=1S/C29H32N4O3/c1-21-6-5-7-24(18-21)35-20-27(34)32-14-16-33(17-15-32)28-25(19-30)31-26(36-28)13-10-22-8-11-23(12-9-22)29(2,3)4/h5-13,18H,14-17,20H2,1-4H3/b13-10+. The third-order valence-corrected chi connectivity index (χ3v) is 6.20. The van der Waals surface area contributed by atoms with Crippen LogP contribution >= 0.6 is 0 Å². The maximum Gasteiger partial charge on any atom is 0.260 e. The number of piperazine rings is 1. The number of oxazole rings is 1. The number of hydrogen-bond acceptors (Lipinski definition) is 6. The minimum Gasteiger partial charge on any atom is -0.484 e. The molecule has 1 aromatic heterocycles. The number of carbonyl (C=O) groups excluding carboxylic acids is 1. The molecule has 0 spiro atoms. The van der Waals surface area contributed by atoms with Crippen LogP contribution in [0.4, 0.5) is 5.88 Å². The molecule has 1 fully saturated rings. The van der Waals surface area contributed by atoms with Crippen LogP contribution in [0.25, 0.3) is 12.2 Å². The third-order valence-electron chi connectivity index (χ3n) is 6.20. The second kappa shape index (κ2) is 10.7. The molecule has 36 heavy (non-hydrogen) atoms. The molecule has 0 aliphatic carbocycles. The molecule has 2 heterocycles. The van der Waals surface area contributed by atoms with Crippen LogP contribution in [0, 0.1) is 18.3 Å². The Morgan fingerprint density at radius 1 is 1.11 bits per heavy atom. The van der Waals surface area contributed by atoms with E-state index in [-0.39, 0.29) is 23.6 Å². The van der Waals surface area contributed by atoms with E-state index in [0.717, 1.165) is 11.1 Å². The smallest absolute Gasteiger partial charge is 0.260 e. The van der Waals surface area contributed by atoms with Gasteiger partial charge in [-0.3, -0.25) is 4.79 Å². The van der Waals surface area contributed by atoms with E-state index in [1.54, 1.807) is 11.0 Å². The number of amides is 1. The summed E-state index contributed by atoms with van der Waals surface area (Å²) in [7, 11) is 0. The van der Waals surface area contributed by atoms with Gasteiger partial charge in [0, 0.05) is 32.3 Å². The van der Waals surface area contributed by atoms with E-state index in [1.165, 1.54) is 5.56 Å². The van der Waals surface area contributed by atoms with Crippen molar-refractivity contribution in [1.82, 2.24) is 9.88 Å². The summed E-state index contributed by atoms with van der Waals surface area (Å²) in [4.78, 5) is 20.7. The SMILES string of the molecule is Cc1cccc(OCC(=O)N2CCN(c3oc(/C=C/c4ccc(C(C)(C)C)cc4)nc3C#N)CC2)c1. The third kappa shape index (κ3) is 6.14. The van der Waals surface area contributed by atoms with E-state index in [9.17, 15) is 10.1 Å². The van der Waals surface area contributed by atoms with Crippen molar-refractivity contribution in [2.75, 3.05) is 37.7 Å². The van der Waals surface area contributed by atoms with E-state index >= 15 is 0 Å². The fourth-order valence-corrected chi connectivity index (χ4v) is 4.05. The molecule has 0 N–H and O–H groups in total. The fourth-order valence-electron chi connectivity index (χ4n) is 4.05. The first-order valence-corrected chi connectivity index (χ1v) is 12.1. The topological polar surface area (TPSA) is 82.6 Å². The molecule has 2 aromatic carbocycles. The fraction of sp³-hybridized carbons (Fsp3) is 0.345. The molecule has 0 bridgehead atoms. The zero-order valence-electron chi connectivity index (χ0n) is 21.3. The predicted molar refractivity (Wildman–Crippen MR) is 141 cm³/mol. The zero-order chi connectivity index (χ0) is 25.7. The lowest BCUT2D eigenvalue weighted by atomic mass is 9.87. The molecule has 0 atom stereocenters. The van der Waals surface area contributed by atoms with Crippen molar-refractivity contribution in [3.8, 4) is 11.8 Å². The van der Waals surface area contributed by atoms with Crippen LogP contribution in [-0.4, -0.2) is 48.6 Å². The molecule has 186 valence electrons. The average molecular weight is 485 g/mol. The van der Waals surface area contributed by atoms with Gasteiger partial charge in [0.25, 0.3) is 5.91 Å². The monoisotopic (exact) mass is 484 g/mol. The first-order chi connectivity index (χ1) is 17.2. The Hall–Kier alpha value is -4.05. The van der Waals surface area contributed by atoms with Crippen LogP contribution in [0.3, 0.4) is 0 Å². The molecule has 4 rings (SSSR count). The van der Waals surface area contributed by atoms with Crippen molar-refractivity contribution in [2.24, 2.45) is 0 Å². The van der Waals surface area contributed by atoms with Gasteiger partial charge in [-0.2, -0.15) is 10.2 Å². The van der Waals surface area contributed by atoms with Crippen molar-refractivity contribution < 1.29 is 13.9 Å². The Morgan fingerprint density at radius 2 is 1.83 bits per heavy atom. The van der Waals surface area contributed by atoms with Crippen LogP contribution < -0.4 is 9.64 Å². The molecule has 0 saturated carbocycles. The Morgan fingerprint density at radius 3 is 2.47 bits per heavy atom. The number of benzene rings is 2. The predicted octanol–water partition coefficient (Wildman–Crippen LogP) is 5.05. The van der Waals surface area contributed by atoms with E-state index in [4.69, 9.17) is 9.15 Å². The molecular formula is C29H32N4O3. The van der Waals surface area contributed by atoms with Gasteiger partial charge in [-0.25, -0.2) is 0 Å². The lowest BCUT2D eigenvalue weighted by Crippen LogP contribution is -2.50. The molecule has 7 heteroatoms. The van der Waals surface area contributed by atoms with Crippen LogP contribution in [0.5, 0.6) is 5.75 Å². The molecular weight excluding hydrogens is 452 g/mol. The van der Waals surface area contributed by atoms with Gasteiger partial charge < -0.3 is 19.0 Å². The van der Waals surface area contributed by atoms with Crippen molar-refractivity contribution >= 4 is 23.9 Å². The average Bonchev–Trinajstić information content (AvgIpc) is 3.29. The summed E-state index contributed by atoms with van der Waals surface area (Å²) in [6.07, 6.45) is 3.70. The lowest BCUT2D eigenvalue weighted by molar-refractivity contribution is -0.133. The van der Waals surface area contributed by atoms with Crippen LogP contribution in [0.15, 0.2) is 52.9 Å². The van der Waals surface area contributed by atoms with E-state index < -0.39 is 0 Å². The number of nitrogens with zero attached hydrogens (tertiary/aromatic N) is 4. The van der Waals surface area contributed by atoms with Crippen LogP contribution in [0.1, 0.15) is 49.0 Å². The number of ether oxygens (including phenoxy) is 1. The Balaban J connectivity index is 1.35. The Bertz CT molecular complexity index is 1270. The molecule has 0 radical (unpaired) electrons. The Labute approximate surface area is 212 Å². The molecule has 1 aliphatic rings. The van der Waals surface area contributed by atoms with Gasteiger partial charge in [0.1, 0.15) is 11.8 Å². The zero-order valence-corrected chi connectivity index (χ0v) is 21.3. The largest absolute Gasteiger partial charge is 0.484 e. The number of hydrogen-bond donors (Lipinski definition) is 0. The van der Waals surface area contributed by atoms with Crippen molar-refractivity contribution in [1.29, 1.82) is 5.26 Å². The summed E-state index contributed by atoms with van der Waals surface area (Å²) < 4.78 is 11.6. The normalized spacial score (nSPS) is 14.2. The summed E-state index contributed by atoms with van der Waals surface area (Å²) in [5, 5.41) is 9.59. The highest BCUT2D eigenvalue weighted by Gasteiger charge is 2.26. The second-order valence-electron chi connectivity index (χ2n) is 10.00. The number of carbonyl (C=O) groups is 1. The van der Waals surface area contributed by atoms with Gasteiger partial charge in [-0.15, -0.1) is 0 Å². The number of aromatic nitrogens is 1. The van der Waals surface area contributed by atoms with Gasteiger partial charge in [0.05, 0.1) is 0 Å². The highest BCUT2D eigenvalue weighted by atomic mass is 16.5. The van der Waals surface area contributed by atoms with Gasteiger partial charge in [0.15, 0.2) is 6.61 Å². The van der Waals surface area contributed by atoms with Crippen molar-refractivity contribution in [3.63, 3.8) is 0 Å². The number of nitriles is 1. The summed E-state index contributed by atoms with van der Waals surface area (Å²) in [5.41, 5.74) is 3.73. The number of rotatable bonds is 6. The summed E-state index contributed by atoms with van der Waals surface area (Å²) in [5.74, 6) is 1.46. The van der Waals surface area contributed by atoms with Crippen molar-refractivity contribution in [3.05, 3.63) is 76.8 Å². The highest BCUT2D eigenvalue weighted by Crippen LogP contribution is 2.25. The molecule has 1 amide bonds. The minimum absolute atomic E-state index is 0.000874. The summed E-state index contributed by atoms with van der Waals surface area (Å²) in [6, 6.07) is 18.1. The molecule has 1 saturated heterocycles. The number of aryl methyl sites for hydroxylation is 1. The lowest BCUT2D eigenvalue weighted by Gasteiger charge is -2.34. The molecule has 1 aliphatic heterocycles. The minimum atomic E-state index is -0.0599. The van der Waals surface area contributed by atoms with Crippen LogP contribution in [-0.2, 0) is 10.2 Å². The van der Waals surface area contributed by atoms with Gasteiger partial charge in [-0.05, 0) is 47.2 Å². The van der Waals surface area contributed by atoms with E-state index in [1.807, 2.05) is 42.2 Å². The van der Waals surface area contributed by atoms with Crippen molar-refractivity contribution in [2.45, 2.75) is 33.1 Å². The summed E-state index contributed by atoms with van der Waals surface area (Å²) in [6.45, 7) is 10.7. The van der Waals surface area contributed by atoms with Gasteiger partial charge in [0.2, 0.25) is 17.5 Å². The molecule has 7 nitrogen and oxygen atoms in total. The van der Waals surface area contributed by atoms with Gasteiger partial charge in [-0.1, -0.05) is 57.2 Å². The van der Waals surface area contributed by atoms with Gasteiger partial charge >= 0.3 is 0 Å². The Kier molecular flexibility index (Phi) is 7.44.